The Balaban J connectivity index is 3.05. The summed E-state index contributed by atoms with van der Waals surface area (Å²) < 4.78 is 12.5. The summed E-state index contributed by atoms with van der Waals surface area (Å²) in [5.74, 6) is -0.361. The predicted molar refractivity (Wildman–Crippen MR) is 40.7 cm³/mol. The largest absolute Gasteiger partial charge is 0.207 e. The zero-order valence-electron chi connectivity index (χ0n) is 5.64. The number of nitrogens with zero attached hydrogens (tertiary/aromatic N) is 1. The quantitative estimate of drug-likeness (QED) is 0.634. The predicted octanol–water partition coefficient (Wildman–Crippen LogP) is 2.55. The van der Waals surface area contributed by atoms with Crippen molar-refractivity contribution in [2.75, 3.05) is 0 Å². The van der Waals surface area contributed by atoms with Crippen molar-refractivity contribution in [3.63, 3.8) is 0 Å². The van der Waals surface area contributed by atoms with Crippen LogP contribution in [0.1, 0.15) is 5.56 Å². The van der Waals surface area contributed by atoms with E-state index in [2.05, 4.69) is 0 Å². The van der Waals surface area contributed by atoms with Gasteiger partial charge in [0.05, 0.1) is 12.5 Å². The lowest BCUT2D eigenvalue weighted by atomic mass is 10.2. The average molecular weight is 170 g/mol. The monoisotopic (exact) mass is 169 g/mol. The van der Waals surface area contributed by atoms with Crippen molar-refractivity contribution in [2.45, 2.75) is 6.42 Å². The molecule has 0 unspecified atom stereocenters. The molecule has 56 valence electrons. The van der Waals surface area contributed by atoms with Gasteiger partial charge in [-0.3, -0.25) is 0 Å². The average Bonchev–Trinajstić information content (AvgIpc) is 1.98. The molecule has 0 aliphatic rings. The van der Waals surface area contributed by atoms with Crippen molar-refractivity contribution in [3.05, 3.63) is 34.6 Å². The molecule has 1 nitrogen and oxygen atoms in total. The van der Waals surface area contributed by atoms with E-state index in [1.54, 1.807) is 0 Å². The SMILES string of the molecule is N#CCc1cc(F)ccc1Cl. The molecule has 0 radical (unpaired) electrons. The summed E-state index contributed by atoms with van der Waals surface area (Å²) in [6.07, 6.45) is 0.149. The van der Waals surface area contributed by atoms with Crippen LogP contribution in [0.15, 0.2) is 18.2 Å². The third kappa shape index (κ3) is 1.92. The molecule has 11 heavy (non-hydrogen) atoms. The molecule has 0 bridgehead atoms. The number of hydrogen-bond donors (Lipinski definition) is 0. The summed E-state index contributed by atoms with van der Waals surface area (Å²) in [4.78, 5) is 0. The van der Waals surface area contributed by atoms with E-state index in [0.717, 1.165) is 0 Å². The molecule has 0 aliphatic carbocycles. The zero-order valence-corrected chi connectivity index (χ0v) is 6.40. The van der Waals surface area contributed by atoms with Gasteiger partial charge in [-0.2, -0.15) is 5.26 Å². The molecule has 0 aliphatic heterocycles. The molecule has 0 spiro atoms. The summed E-state index contributed by atoms with van der Waals surface area (Å²) in [6.45, 7) is 0. The second-order valence-corrected chi connectivity index (χ2v) is 2.48. The van der Waals surface area contributed by atoms with Gasteiger partial charge in [-0.05, 0) is 23.8 Å². The number of rotatable bonds is 1. The number of benzene rings is 1. The summed E-state index contributed by atoms with van der Waals surface area (Å²) in [6, 6.07) is 5.89. The first-order valence-electron chi connectivity index (χ1n) is 3.05. The maximum Gasteiger partial charge on any atom is 0.123 e. The first-order valence-corrected chi connectivity index (χ1v) is 3.42. The van der Waals surface area contributed by atoms with E-state index in [9.17, 15) is 4.39 Å². The molecule has 0 atom stereocenters. The summed E-state index contributed by atoms with van der Waals surface area (Å²) >= 11 is 5.66. The molecular formula is C8H5ClFN. The van der Waals surface area contributed by atoms with E-state index >= 15 is 0 Å². The van der Waals surface area contributed by atoms with Crippen LogP contribution in [-0.4, -0.2) is 0 Å². The van der Waals surface area contributed by atoms with Crippen LogP contribution >= 0.6 is 11.6 Å². The van der Waals surface area contributed by atoms with Crippen LogP contribution in [0.5, 0.6) is 0 Å². The van der Waals surface area contributed by atoms with E-state index in [4.69, 9.17) is 16.9 Å². The van der Waals surface area contributed by atoms with E-state index in [1.165, 1.54) is 18.2 Å². The van der Waals surface area contributed by atoms with Crippen molar-refractivity contribution in [2.24, 2.45) is 0 Å². The maximum atomic E-state index is 12.5. The second-order valence-electron chi connectivity index (χ2n) is 2.07. The molecule has 0 heterocycles. The fourth-order valence-electron chi connectivity index (χ4n) is 0.764. The minimum atomic E-state index is -0.361. The van der Waals surface area contributed by atoms with Crippen LogP contribution in [0.3, 0.4) is 0 Å². The Bertz CT molecular complexity index is 303. The molecule has 1 aromatic rings. The molecule has 0 saturated heterocycles. The molecule has 0 N–H and O–H groups in total. The Morgan fingerprint density at radius 3 is 2.91 bits per heavy atom. The molecule has 3 heteroatoms. The van der Waals surface area contributed by atoms with Crippen LogP contribution < -0.4 is 0 Å². The normalized spacial score (nSPS) is 9.18. The highest BCUT2D eigenvalue weighted by atomic mass is 35.5. The third-order valence-corrected chi connectivity index (χ3v) is 1.65. The van der Waals surface area contributed by atoms with Gasteiger partial charge in [-0.15, -0.1) is 0 Å². The fourth-order valence-corrected chi connectivity index (χ4v) is 0.948. The highest BCUT2D eigenvalue weighted by Crippen LogP contribution is 2.16. The van der Waals surface area contributed by atoms with Crippen molar-refractivity contribution in [1.29, 1.82) is 5.26 Å². The minimum Gasteiger partial charge on any atom is -0.207 e. The van der Waals surface area contributed by atoms with Crippen molar-refractivity contribution < 1.29 is 4.39 Å². The van der Waals surface area contributed by atoms with Crippen LogP contribution in [0, 0.1) is 17.1 Å². The van der Waals surface area contributed by atoms with Gasteiger partial charge in [-0.25, -0.2) is 4.39 Å². The lowest BCUT2D eigenvalue weighted by Crippen LogP contribution is -1.84. The highest BCUT2D eigenvalue weighted by molar-refractivity contribution is 6.31. The summed E-state index contributed by atoms with van der Waals surface area (Å²) in [5, 5.41) is 8.74. The Morgan fingerprint density at radius 1 is 1.55 bits per heavy atom. The molecular weight excluding hydrogens is 165 g/mol. The van der Waals surface area contributed by atoms with Crippen molar-refractivity contribution in [1.82, 2.24) is 0 Å². The highest BCUT2D eigenvalue weighted by Gasteiger charge is 1.99. The molecule has 0 amide bonds. The lowest BCUT2D eigenvalue weighted by molar-refractivity contribution is 0.626. The van der Waals surface area contributed by atoms with E-state index in [1.807, 2.05) is 6.07 Å². The summed E-state index contributed by atoms with van der Waals surface area (Å²) in [5.41, 5.74) is 0.536. The maximum absolute atomic E-state index is 12.5. The van der Waals surface area contributed by atoms with E-state index in [-0.39, 0.29) is 12.2 Å². The van der Waals surface area contributed by atoms with Crippen LogP contribution in [0.25, 0.3) is 0 Å². The number of hydrogen-bond acceptors (Lipinski definition) is 1. The first-order chi connectivity index (χ1) is 5.24. The Labute approximate surface area is 69.0 Å². The standard InChI is InChI=1S/C8H5ClFN/c9-8-2-1-7(10)5-6(8)3-4-11/h1-2,5H,3H2. The van der Waals surface area contributed by atoms with Gasteiger partial charge in [0.2, 0.25) is 0 Å². The van der Waals surface area contributed by atoms with E-state index in [0.29, 0.717) is 10.6 Å². The van der Waals surface area contributed by atoms with Crippen molar-refractivity contribution >= 4 is 11.6 Å². The lowest BCUT2D eigenvalue weighted by Gasteiger charge is -1.97. The van der Waals surface area contributed by atoms with Crippen LogP contribution in [-0.2, 0) is 6.42 Å². The Kier molecular flexibility index (Phi) is 2.45. The first kappa shape index (κ1) is 8.03. The van der Waals surface area contributed by atoms with Crippen LogP contribution in [0.4, 0.5) is 4.39 Å². The Hall–Kier alpha value is -1.07. The minimum absolute atomic E-state index is 0.149. The van der Waals surface area contributed by atoms with Gasteiger partial charge >= 0.3 is 0 Å². The van der Waals surface area contributed by atoms with Gasteiger partial charge in [-0.1, -0.05) is 11.6 Å². The van der Waals surface area contributed by atoms with Gasteiger partial charge in [0.1, 0.15) is 5.82 Å². The van der Waals surface area contributed by atoms with Gasteiger partial charge in [0.15, 0.2) is 0 Å². The number of halogens is 2. The van der Waals surface area contributed by atoms with Gasteiger partial charge in [0, 0.05) is 5.02 Å². The third-order valence-electron chi connectivity index (χ3n) is 1.28. The fraction of sp³-hybridized carbons (Fsp3) is 0.125. The van der Waals surface area contributed by atoms with Gasteiger partial charge in [0.25, 0.3) is 0 Å². The Morgan fingerprint density at radius 2 is 2.27 bits per heavy atom. The number of nitriles is 1. The molecule has 1 aromatic carbocycles. The second kappa shape index (κ2) is 3.36. The van der Waals surface area contributed by atoms with E-state index < -0.39 is 0 Å². The van der Waals surface area contributed by atoms with Gasteiger partial charge < -0.3 is 0 Å². The topological polar surface area (TPSA) is 23.8 Å². The molecule has 0 saturated carbocycles. The van der Waals surface area contributed by atoms with Crippen molar-refractivity contribution in [3.8, 4) is 6.07 Å². The van der Waals surface area contributed by atoms with Crippen LogP contribution in [0.2, 0.25) is 5.02 Å². The molecule has 0 fully saturated rings. The molecule has 1 rings (SSSR count). The summed E-state index contributed by atoms with van der Waals surface area (Å²) in [7, 11) is 0. The molecule has 0 aromatic heterocycles. The smallest absolute Gasteiger partial charge is 0.123 e. The zero-order chi connectivity index (χ0) is 8.27.